The first kappa shape index (κ1) is 16.5. The van der Waals surface area contributed by atoms with Crippen LogP contribution in [0.15, 0.2) is 64.4 Å². The molecule has 2 aromatic carbocycles. The number of rotatable bonds is 5. The van der Waals surface area contributed by atoms with Crippen LogP contribution in [-0.2, 0) is 20.0 Å². The standard InChI is InChI=1S/C14H16N2O4S2/c1-15-21(17,18)13-8-10-14(11-9-13)22(19,20)16(2)12-6-4-3-5-7-12/h3-11,15H,1-2H3. The summed E-state index contributed by atoms with van der Waals surface area (Å²) in [4.78, 5) is 0.0326. The fourth-order valence-corrected chi connectivity index (χ4v) is 3.77. The SMILES string of the molecule is CNS(=O)(=O)c1ccc(S(=O)(=O)N(C)c2ccccc2)cc1. The van der Waals surface area contributed by atoms with Crippen LogP contribution in [0.3, 0.4) is 0 Å². The fourth-order valence-electron chi connectivity index (χ4n) is 1.84. The highest BCUT2D eigenvalue weighted by Gasteiger charge is 2.22. The Morgan fingerprint density at radius 2 is 1.32 bits per heavy atom. The third-order valence-corrected chi connectivity index (χ3v) is 6.41. The molecule has 2 rings (SSSR count). The molecular formula is C14H16N2O4S2. The van der Waals surface area contributed by atoms with Crippen molar-refractivity contribution in [1.29, 1.82) is 0 Å². The number of nitrogens with zero attached hydrogens (tertiary/aromatic N) is 1. The molecule has 0 saturated heterocycles. The summed E-state index contributed by atoms with van der Waals surface area (Å²) in [5.74, 6) is 0. The molecule has 0 unspecified atom stereocenters. The molecule has 8 heteroatoms. The second-order valence-corrected chi connectivity index (χ2v) is 8.34. The molecule has 0 spiro atoms. The maximum atomic E-state index is 12.5. The Bertz CT molecular complexity index is 845. The summed E-state index contributed by atoms with van der Waals surface area (Å²) in [5.41, 5.74) is 0.523. The fraction of sp³-hybridized carbons (Fsp3) is 0.143. The van der Waals surface area contributed by atoms with Gasteiger partial charge in [-0.25, -0.2) is 21.6 Å². The normalized spacial score (nSPS) is 12.1. The summed E-state index contributed by atoms with van der Waals surface area (Å²) in [6.45, 7) is 0. The highest BCUT2D eigenvalue weighted by atomic mass is 32.2. The molecule has 0 atom stereocenters. The van der Waals surface area contributed by atoms with Crippen LogP contribution in [0.25, 0.3) is 0 Å². The number of hydrogen-bond acceptors (Lipinski definition) is 4. The molecule has 0 heterocycles. The molecule has 0 radical (unpaired) electrons. The van der Waals surface area contributed by atoms with E-state index in [2.05, 4.69) is 4.72 Å². The average molecular weight is 340 g/mol. The topological polar surface area (TPSA) is 83.5 Å². The maximum Gasteiger partial charge on any atom is 0.264 e. The van der Waals surface area contributed by atoms with Crippen molar-refractivity contribution in [3.8, 4) is 0 Å². The van der Waals surface area contributed by atoms with Gasteiger partial charge in [-0.3, -0.25) is 4.31 Å². The van der Waals surface area contributed by atoms with E-state index in [1.54, 1.807) is 30.3 Å². The third-order valence-electron chi connectivity index (χ3n) is 3.18. The Labute approximate surface area is 130 Å². The van der Waals surface area contributed by atoms with Crippen molar-refractivity contribution in [2.45, 2.75) is 9.79 Å². The van der Waals surface area contributed by atoms with Crippen molar-refractivity contribution in [3.05, 3.63) is 54.6 Å². The van der Waals surface area contributed by atoms with E-state index in [0.717, 1.165) is 4.31 Å². The molecule has 0 aliphatic rings. The van der Waals surface area contributed by atoms with E-state index in [1.807, 2.05) is 0 Å². The molecule has 1 N–H and O–H groups in total. The molecule has 0 fully saturated rings. The van der Waals surface area contributed by atoms with Crippen LogP contribution in [0.4, 0.5) is 5.69 Å². The highest BCUT2D eigenvalue weighted by molar-refractivity contribution is 7.92. The van der Waals surface area contributed by atoms with Gasteiger partial charge < -0.3 is 0 Å². The van der Waals surface area contributed by atoms with Gasteiger partial charge in [-0.2, -0.15) is 0 Å². The number of hydrogen-bond donors (Lipinski definition) is 1. The van der Waals surface area contributed by atoms with Crippen molar-refractivity contribution < 1.29 is 16.8 Å². The summed E-state index contributed by atoms with van der Waals surface area (Å²) in [7, 11) is -4.59. The number of nitrogens with one attached hydrogen (secondary N) is 1. The van der Waals surface area contributed by atoms with Crippen molar-refractivity contribution in [3.63, 3.8) is 0 Å². The van der Waals surface area contributed by atoms with Crippen LogP contribution in [-0.4, -0.2) is 30.9 Å². The number of anilines is 1. The van der Waals surface area contributed by atoms with Crippen molar-refractivity contribution in [1.82, 2.24) is 4.72 Å². The largest absolute Gasteiger partial charge is 0.269 e. The van der Waals surface area contributed by atoms with Crippen LogP contribution in [0.5, 0.6) is 0 Å². The summed E-state index contributed by atoms with van der Waals surface area (Å²) in [5, 5.41) is 0. The Morgan fingerprint density at radius 1 is 0.818 bits per heavy atom. The van der Waals surface area contributed by atoms with Crippen LogP contribution in [0.1, 0.15) is 0 Å². The monoisotopic (exact) mass is 340 g/mol. The van der Waals surface area contributed by atoms with Gasteiger partial charge in [0.2, 0.25) is 10.0 Å². The first-order chi connectivity index (χ1) is 10.3. The van der Waals surface area contributed by atoms with Gasteiger partial charge in [0, 0.05) is 7.05 Å². The van der Waals surface area contributed by atoms with Gasteiger partial charge in [0.15, 0.2) is 0 Å². The van der Waals surface area contributed by atoms with Gasteiger partial charge in [0.05, 0.1) is 15.5 Å². The van der Waals surface area contributed by atoms with Crippen LogP contribution in [0.2, 0.25) is 0 Å². The number of benzene rings is 2. The van der Waals surface area contributed by atoms with Gasteiger partial charge in [0.25, 0.3) is 10.0 Å². The molecule has 0 saturated carbocycles. The lowest BCUT2D eigenvalue weighted by Crippen LogP contribution is -2.26. The van der Waals surface area contributed by atoms with E-state index in [0.29, 0.717) is 5.69 Å². The van der Waals surface area contributed by atoms with E-state index >= 15 is 0 Å². The zero-order valence-corrected chi connectivity index (χ0v) is 13.7. The summed E-state index contributed by atoms with van der Waals surface area (Å²) < 4.78 is 51.7. The number of sulfonamides is 2. The Morgan fingerprint density at radius 3 is 1.82 bits per heavy atom. The quantitative estimate of drug-likeness (QED) is 0.892. The Hall–Kier alpha value is -1.90. The lowest BCUT2D eigenvalue weighted by atomic mass is 10.3. The molecule has 0 aliphatic carbocycles. The van der Waals surface area contributed by atoms with Gasteiger partial charge in [-0.05, 0) is 43.4 Å². The summed E-state index contributed by atoms with van der Waals surface area (Å²) in [6, 6.07) is 13.7. The molecule has 2 aromatic rings. The molecule has 118 valence electrons. The van der Waals surface area contributed by atoms with Gasteiger partial charge >= 0.3 is 0 Å². The minimum atomic E-state index is -3.74. The molecule has 0 aromatic heterocycles. The van der Waals surface area contributed by atoms with Crippen molar-refractivity contribution in [2.24, 2.45) is 0 Å². The first-order valence-corrected chi connectivity index (χ1v) is 9.29. The van der Waals surface area contributed by atoms with Crippen LogP contribution in [0, 0.1) is 0 Å². The van der Waals surface area contributed by atoms with Crippen LogP contribution >= 0.6 is 0 Å². The summed E-state index contributed by atoms with van der Waals surface area (Å²) >= 11 is 0. The molecule has 0 aliphatic heterocycles. The molecule has 0 amide bonds. The van der Waals surface area contributed by atoms with Crippen LogP contribution < -0.4 is 9.03 Å². The zero-order valence-electron chi connectivity index (χ0n) is 12.1. The lowest BCUT2D eigenvalue weighted by Gasteiger charge is -2.19. The van der Waals surface area contributed by atoms with Crippen molar-refractivity contribution in [2.75, 3.05) is 18.4 Å². The van der Waals surface area contributed by atoms with E-state index in [1.165, 1.54) is 38.4 Å². The highest BCUT2D eigenvalue weighted by Crippen LogP contribution is 2.22. The molecular weight excluding hydrogens is 324 g/mol. The second-order valence-electron chi connectivity index (χ2n) is 4.49. The summed E-state index contributed by atoms with van der Waals surface area (Å²) in [6.07, 6.45) is 0. The van der Waals surface area contributed by atoms with E-state index in [-0.39, 0.29) is 9.79 Å². The van der Waals surface area contributed by atoms with Crippen molar-refractivity contribution >= 4 is 25.7 Å². The van der Waals surface area contributed by atoms with E-state index in [9.17, 15) is 16.8 Å². The van der Waals surface area contributed by atoms with E-state index in [4.69, 9.17) is 0 Å². The second kappa shape index (κ2) is 6.07. The Balaban J connectivity index is 2.39. The van der Waals surface area contributed by atoms with Gasteiger partial charge in [-0.15, -0.1) is 0 Å². The first-order valence-electron chi connectivity index (χ1n) is 6.36. The van der Waals surface area contributed by atoms with Gasteiger partial charge in [0.1, 0.15) is 0 Å². The lowest BCUT2D eigenvalue weighted by molar-refractivity contribution is 0.586. The maximum absolute atomic E-state index is 12.5. The predicted octanol–water partition coefficient (Wildman–Crippen LogP) is 1.42. The molecule has 6 nitrogen and oxygen atoms in total. The third kappa shape index (κ3) is 3.13. The molecule has 22 heavy (non-hydrogen) atoms. The minimum absolute atomic E-state index is 0.0105. The molecule has 0 bridgehead atoms. The zero-order chi connectivity index (χ0) is 16.4. The Kier molecular flexibility index (Phi) is 4.55. The smallest absolute Gasteiger partial charge is 0.264 e. The van der Waals surface area contributed by atoms with Gasteiger partial charge in [-0.1, -0.05) is 18.2 Å². The average Bonchev–Trinajstić information content (AvgIpc) is 2.55. The predicted molar refractivity (Wildman–Crippen MR) is 84.7 cm³/mol. The minimum Gasteiger partial charge on any atom is -0.269 e. The number of para-hydroxylation sites is 1. The van der Waals surface area contributed by atoms with E-state index < -0.39 is 20.0 Å².